The fraction of sp³-hybridized carbons (Fsp3) is 0.0833. The van der Waals surface area contributed by atoms with Crippen molar-refractivity contribution in [2.75, 3.05) is 5.32 Å². The van der Waals surface area contributed by atoms with Crippen LogP contribution in [0.2, 0.25) is 0 Å². The van der Waals surface area contributed by atoms with E-state index < -0.39 is 0 Å². The summed E-state index contributed by atoms with van der Waals surface area (Å²) in [7, 11) is 0. The first kappa shape index (κ1) is 11.2. The van der Waals surface area contributed by atoms with Gasteiger partial charge < -0.3 is 9.73 Å². The van der Waals surface area contributed by atoms with Crippen LogP contribution < -0.4 is 5.32 Å². The highest BCUT2D eigenvalue weighted by Gasteiger charge is 2.13. The van der Waals surface area contributed by atoms with Crippen molar-refractivity contribution in [3.8, 4) is 0 Å². The van der Waals surface area contributed by atoms with Crippen LogP contribution in [0.4, 0.5) is 5.69 Å². The third kappa shape index (κ3) is 2.27. The SMILES string of the molecule is Cc1ccoc1C(=O)Nc1ccccc1I. The van der Waals surface area contributed by atoms with Crippen LogP contribution in [0.15, 0.2) is 41.0 Å². The molecule has 1 heterocycles. The summed E-state index contributed by atoms with van der Waals surface area (Å²) in [6, 6.07) is 9.37. The van der Waals surface area contributed by atoms with E-state index in [-0.39, 0.29) is 5.91 Å². The number of aryl methyl sites for hydroxylation is 1. The number of carbonyl (C=O) groups excluding carboxylic acids is 1. The van der Waals surface area contributed by atoms with Crippen molar-refractivity contribution < 1.29 is 9.21 Å². The maximum absolute atomic E-state index is 11.8. The molecule has 3 nitrogen and oxygen atoms in total. The molecule has 0 atom stereocenters. The second-order valence-electron chi connectivity index (χ2n) is 3.37. The van der Waals surface area contributed by atoms with E-state index in [1.165, 1.54) is 6.26 Å². The van der Waals surface area contributed by atoms with E-state index in [0.717, 1.165) is 14.8 Å². The summed E-state index contributed by atoms with van der Waals surface area (Å²) in [5, 5.41) is 2.81. The van der Waals surface area contributed by atoms with E-state index >= 15 is 0 Å². The van der Waals surface area contributed by atoms with Crippen LogP contribution in [0.25, 0.3) is 0 Å². The molecule has 0 saturated carbocycles. The van der Waals surface area contributed by atoms with Gasteiger partial charge in [-0.25, -0.2) is 0 Å². The smallest absolute Gasteiger partial charge is 0.291 e. The quantitative estimate of drug-likeness (QED) is 0.859. The van der Waals surface area contributed by atoms with Crippen molar-refractivity contribution in [1.29, 1.82) is 0 Å². The van der Waals surface area contributed by atoms with Gasteiger partial charge in [-0.1, -0.05) is 12.1 Å². The van der Waals surface area contributed by atoms with E-state index in [2.05, 4.69) is 27.9 Å². The first-order valence-corrected chi connectivity index (χ1v) is 5.86. The molecule has 16 heavy (non-hydrogen) atoms. The van der Waals surface area contributed by atoms with E-state index in [0.29, 0.717) is 5.76 Å². The van der Waals surface area contributed by atoms with Gasteiger partial charge in [0.05, 0.1) is 12.0 Å². The second kappa shape index (κ2) is 4.69. The Kier molecular flexibility index (Phi) is 3.28. The number of anilines is 1. The Hall–Kier alpha value is -1.30. The molecule has 1 N–H and O–H groups in total. The second-order valence-corrected chi connectivity index (χ2v) is 4.53. The van der Waals surface area contributed by atoms with Crippen LogP contribution in [0.1, 0.15) is 16.1 Å². The van der Waals surface area contributed by atoms with Gasteiger partial charge >= 0.3 is 0 Å². The van der Waals surface area contributed by atoms with Crippen molar-refractivity contribution in [3.05, 3.63) is 51.5 Å². The first-order chi connectivity index (χ1) is 7.68. The number of amides is 1. The number of furan rings is 1. The molecular weight excluding hydrogens is 317 g/mol. The average Bonchev–Trinajstić information content (AvgIpc) is 2.68. The highest BCUT2D eigenvalue weighted by Crippen LogP contribution is 2.18. The number of halogens is 1. The minimum absolute atomic E-state index is 0.216. The Morgan fingerprint density at radius 2 is 2.06 bits per heavy atom. The normalized spacial score (nSPS) is 10.1. The van der Waals surface area contributed by atoms with Crippen LogP contribution in [0.5, 0.6) is 0 Å². The number of hydrogen-bond acceptors (Lipinski definition) is 2. The molecule has 4 heteroatoms. The van der Waals surface area contributed by atoms with Crippen molar-refractivity contribution in [3.63, 3.8) is 0 Å². The summed E-state index contributed by atoms with van der Waals surface area (Å²) in [6.07, 6.45) is 1.51. The Labute approximate surface area is 107 Å². The monoisotopic (exact) mass is 327 g/mol. The van der Waals surface area contributed by atoms with E-state index in [1.54, 1.807) is 6.07 Å². The maximum atomic E-state index is 11.8. The van der Waals surface area contributed by atoms with Crippen molar-refractivity contribution >= 4 is 34.2 Å². The minimum atomic E-state index is -0.216. The van der Waals surface area contributed by atoms with Gasteiger partial charge in [-0.3, -0.25) is 4.79 Å². The van der Waals surface area contributed by atoms with Crippen molar-refractivity contribution in [1.82, 2.24) is 0 Å². The zero-order chi connectivity index (χ0) is 11.5. The van der Waals surface area contributed by atoms with E-state index in [4.69, 9.17) is 4.42 Å². The van der Waals surface area contributed by atoms with Gasteiger partial charge in [-0.2, -0.15) is 0 Å². The van der Waals surface area contributed by atoms with E-state index in [1.807, 2.05) is 31.2 Å². The minimum Gasteiger partial charge on any atom is -0.459 e. The lowest BCUT2D eigenvalue weighted by atomic mass is 10.2. The average molecular weight is 327 g/mol. The number of para-hydroxylation sites is 1. The molecule has 82 valence electrons. The maximum Gasteiger partial charge on any atom is 0.291 e. The Morgan fingerprint density at radius 3 is 2.69 bits per heavy atom. The number of hydrogen-bond donors (Lipinski definition) is 1. The predicted molar refractivity (Wildman–Crippen MR) is 70.6 cm³/mol. The molecular formula is C12H10INO2. The molecule has 2 aromatic rings. The Bertz CT molecular complexity index is 519. The van der Waals surface area contributed by atoms with Crippen LogP contribution in [0.3, 0.4) is 0 Å². The van der Waals surface area contributed by atoms with Gasteiger partial charge in [0.25, 0.3) is 5.91 Å². The number of nitrogens with one attached hydrogen (secondary N) is 1. The zero-order valence-corrected chi connectivity index (χ0v) is 10.8. The van der Waals surface area contributed by atoms with Crippen molar-refractivity contribution in [2.24, 2.45) is 0 Å². The zero-order valence-electron chi connectivity index (χ0n) is 8.66. The largest absolute Gasteiger partial charge is 0.459 e. The summed E-state index contributed by atoms with van der Waals surface area (Å²) < 4.78 is 6.12. The topological polar surface area (TPSA) is 42.2 Å². The fourth-order valence-corrected chi connectivity index (χ4v) is 1.87. The lowest BCUT2D eigenvalue weighted by Gasteiger charge is -2.05. The van der Waals surface area contributed by atoms with Crippen molar-refractivity contribution in [2.45, 2.75) is 6.92 Å². The molecule has 0 bridgehead atoms. The lowest BCUT2D eigenvalue weighted by Crippen LogP contribution is -2.12. The molecule has 1 amide bonds. The van der Waals surface area contributed by atoms with Gasteiger partial charge in [-0.05, 0) is 47.7 Å². The summed E-state index contributed by atoms with van der Waals surface area (Å²) in [5.41, 5.74) is 1.63. The molecule has 0 aliphatic rings. The molecule has 0 fully saturated rings. The summed E-state index contributed by atoms with van der Waals surface area (Å²) in [6.45, 7) is 1.84. The molecule has 0 radical (unpaired) electrons. The van der Waals surface area contributed by atoms with Gasteiger partial charge in [-0.15, -0.1) is 0 Å². The molecule has 1 aromatic carbocycles. The van der Waals surface area contributed by atoms with Gasteiger partial charge in [0.1, 0.15) is 0 Å². The predicted octanol–water partition coefficient (Wildman–Crippen LogP) is 3.44. The summed E-state index contributed by atoms with van der Waals surface area (Å²) in [4.78, 5) is 11.8. The Morgan fingerprint density at radius 1 is 1.31 bits per heavy atom. The lowest BCUT2D eigenvalue weighted by molar-refractivity contribution is 0.0996. The van der Waals surface area contributed by atoms with Gasteiger partial charge in [0.2, 0.25) is 0 Å². The molecule has 0 aliphatic carbocycles. The van der Waals surface area contributed by atoms with E-state index in [9.17, 15) is 4.79 Å². The highest BCUT2D eigenvalue weighted by atomic mass is 127. The summed E-state index contributed by atoms with van der Waals surface area (Å²) >= 11 is 2.17. The molecule has 2 rings (SSSR count). The summed E-state index contributed by atoms with van der Waals surface area (Å²) in [5.74, 6) is 0.145. The highest BCUT2D eigenvalue weighted by molar-refractivity contribution is 14.1. The first-order valence-electron chi connectivity index (χ1n) is 4.78. The molecule has 0 aliphatic heterocycles. The van der Waals surface area contributed by atoms with Crippen LogP contribution in [-0.2, 0) is 0 Å². The molecule has 0 unspecified atom stereocenters. The fourth-order valence-electron chi connectivity index (χ4n) is 1.35. The molecule has 0 spiro atoms. The third-order valence-corrected chi connectivity index (χ3v) is 3.13. The van der Waals surface area contributed by atoms with Crippen LogP contribution >= 0.6 is 22.6 Å². The van der Waals surface area contributed by atoms with Gasteiger partial charge in [0, 0.05) is 9.13 Å². The number of carbonyl (C=O) groups is 1. The van der Waals surface area contributed by atoms with Gasteiger partial charge in [0.15, 0.2) is 5.76 Å². The Balaban J connectivity index is 2.21. The van der Waals surface area contributed by atoms with Crippen LogP contribution in [-0.4, -0.2) is 5.91 Å². The number of rotatable bonds is 2. The molecule has 1 aromatic heterocycles. The standard InChI is InChI=1S/C12H10INO2/c1-8-6-7-16-11(8)12(15)14-10-5-3-2-4-9(10)13/h2-7H,1H3,(H,14,15). The van der Waals surface area contributed by atoms with Crippen LogP contribution in [0, 0.1) is 10.5 Å². The third-order valence-electron chi connectivity index (χ3n) is 2.19. The molecule has 0 saturated heterocycles. The number of benzene rings is 1.